The minimum atomic E-state index is -0.636. The second-order valence-corrected chi connectivity index (χ2v) is 5.63. The van der Waals surface area contributed by atoms with Crippen molar-refractivity contribution < 1.29 is 9.90 Å². The number of carboxylic acid groups (broad SMARTS) is 1. The Morgan fingerprint density at radius 2 is 2.14 bits per heavy atom. The Kier molecular flexibility index (Phi) is 2.32. The van der Waals surface area contributed by atoms with Crippen molar-refractivity contribution in [3.63, 3.8) is 0 Å². The third-order valence-corrected chi connectivity index (χ3v) is 4.72. The van der Waals surface area contributed by atoms with Crippen LogP contribution in [0.25, 0.3) is 0 Å². The average Bonchev–Trinajstić information content (AvgIpc) is 2.59. The van der Waals surface area contributed by atoms with E-state index in [9.17, 15) is 4.79 Å². The molecule has 0 spiro atoms. The van der Waals surface area contributed by atoms with Gasteiger partial charge in [-0.3, -0.25) is 4.79 Å². The molecule has 0 aromatic rings. The number of fused-ring (bicyclic) bond motifs is 2. The normalized spacial score (nSPS) is 38.9. The van der Waals surface area contributed by atoms with Crippen LogP contribution in [0.2, 0.25) is 0 Å². The van der Waals surface area contributed by atoms with E-state index >= 15 is 0 Å². The van der Waals surface area contributed by atoms with Gasteiger partial charge in [-0.15, -0.1) is 0 Å². The summed E-state index contributed by atoms with van der Waals surface area (Å²) >= 11 is 0. The monoisotopic (exact) mass is 196 g/mol. The Balaban J connectivity index is 2.01. The average molecular weight is 196 g/mol. The Labute approximate surface area is 85.7 Å². The third kappa shape index (κ3) is 1.45. The van der Waals surface area contributed by atoms with Crippen LogP contribution in [0.15, 0.2) is 0 Å². The number of rotatable bonds is 3. The summed E-state index contributed by atoms with van der Waals surface area (Å²) < 4.78 is 0. The van der Waals surface area contributed by atoms with E-state index in [1.54, 1.807) is 0 Å². The molecule has 0 aromatic carbocycles. The van der Waals surface area contributed by atoms with E-state index in [1.165, 1.54) is 19.3 Å². The molecule has 14 heavy (non-hydrogen) atoms. The molecule has 0 radical (unpaired) electrons. The minimum absolute atomic E-state index is 0.358. The summed E-state index contributed by atoms with van der Waals surface area (Å²) in [6, 6.07) is 0. The predicted molar refractivity (Wildman–Crippen MR) is 55.0 cm³/mol. The Bertz CT molecular complexity index is 245. The first-order valence-electron chi connectivity index (χ1n) is 5.73. The van der Waals surface area contributed by atoms with Gasteiger partial charge in [0, 0.05) is 6.42 Å². The summed E-state index contributed by atoms with van der Waals surface area (Å²) in [5, 5.41) is 8.71. The highest BCUT2D eigenvalue weighted by atomic mass is 16.4. The van der Waals surface area contributed by atoms with Crippen LogP contribution in [0, 0.1) is 23.2 Å². The molecule has 80 valence electrons. The van der Waals surface area contributed by atoms with Crippen molar-refractivity contribution in [3.8, 4) is 0 Å². The van der Waals surface area contributed by atoms with E-state index < -0.39 is 5.97 Å². The lowest BCUT2D eigenvalue weighted by molar-refractivity contribution is -0.137. The van der Waals surface area contributed by atoms with Crippen LogP contribution in [0.1, 0.15) is 46.0 Å². The lowest BCUT2D eigenvalue weighted by Crippen LogP contribution is -2.31. The van der Waals surface area contributed by atoms with Gasteiger partial charge in [0.15, 0.2) is 0 Å². The van der Waals surface area contributed by atoms with Crippen LogP contribution >= 0.6 is 0 Å². The smallest absolute Gasteiger partial charge is 0.303 e. The predicted octanol–water partition coefficient (Wildman–Crippen LogP) is 2.92. The molecule has 0 aromatic heterocycles. The quantitative estimate of drug-likeness (QED) is 0.753. The maximum atomic E-state index is 10.6. The van der Waals surface area contributed by atoms with Gasteiger partial charge in [-0.1, -0.05) is 13.8 Å². The van der Waals surface area contributed by atoms with Gasteiger partial charge in [-0.2, -0.15) is 0 Å². The molecule has 2 fully saturated rings. The SMILES string of the molecule is CC1(C)[C@@H]2CC[C@@H](C2)[C@H]1CCC(=O)O. The highest BCUT2D eigenvalue weighted by Gasteiger charge is 2.51. The van der Waals surface area contributed by atoms with Crippen LogP contribution in [-0.2, 0) is 4.79 Å². The van der Waals surface area contributed by atoms with Gasteiger partial charge < -0.3 is 5.11 Å². The molecular formula is C12H20O2. The number of hydrogen-bond acceptors (Lipinski definition) is 1. The largest absolute Gasteiger partial charge is 0.481 e. The van der Waals surface area contributed by atoms with Crippen molar-refractivity contribution in [2.24, 2.45) is 23.2 Å². The summed E-state index contributed by atoms with van der Waals surface area (Å²) in [5.74, 6) is 1.72. The number of carboxylic acids is 1. The van der Waals surface area contributed by atoms with E-state index in [1.807, 2.05) is 0 Å². The maximum absolute atomic E-state index is 10.6. The van der Waals surface area contributed by atoms with Gasteiger partial charge in [-0.25, -0.2) is 0 Å². The van der Waals surface area contributed by atoms with Crippen LogP contribution in [-0.4, -0.2) is 11.1 Å². The van der Waals surface area contributed by atoms with Gasteiger partial charge in [0.05, 0.1) is 0 Å². The molecule has 2 aliphatic rings. The number of carbonyl (C=O) groups is 1. The molecule has 0 amide bonds. The topological polar surface area (TPSA) is 37.3 Å². The van der Waals surface area contributed by atoms with E-state index in [0.29, 0.717) is 17.8 Å². The fourth-order valence-electron chi connectivity index (χ4n) is 3.85. The minimum Gasteiger partial charge on any atom is -0.481 e. The van der Waals surface area contributed by atoms with E-state index in [4.69, 9.17) is 5.11 Å². The van der Waals surface area contributed by atoms with Crippen molar-refractivity contribution in [2.75, 3.05) is 0 Å². The van der Waals surface area contributed by atoms with E-state index in [2.05, 4.69) is 13.8 Å². The molecule has 2 rings (SSSR count). The van der Waals surface area contributed by atoms with Crippen molar-refractivity contribution in [1.82, 2.24) is 0 Å². The van der Waals surface area contributed by atoms with Crippen LogP contribution in [0.3, 0.4) is 0 Å². The molecule has 0 heterocycles. The molecule has 3 atom stereocenters. The molecule has 0 aliphatic heterocycles. The Morgan fingerprint density at radius 1 is 1.43 bits per heavy atom. The fraction of sp³-hybridized carbons (Fsp3) is 0.917. The first-order valence-corrected chi connectivity index (χ1v) is 5.73. The molecule has 2 aliphatic carbocycles. The van der Waals surface area contributed by atoms with Gasteiger partial charge in [0.2, 0.25) is 0 Å². The number of aliphatic carboxylic acids is 1. The summed E-state index contributed by atoms with van der Waals surface area (Å²) in [6.07, 6.45) is 5.33. The zero-order valence-corrected chi connectivity index (χ0v) is 9.12. The van der Waals surface area contributed by atoms with Gasteiger partial charge >= 0.3 is 5.97 Å². The molecule has 0 unspecified atom stereocenters. The summed E-state index contributed by atoms with van der Waals surface area (Å²) in [5.41, 5.74) is 0.401. The van der Waals surface area contributed by atoms with E-state index in [0.717, 1.165) is 18.3 Å². The molecule has 2 bridgehead atoms. The van der Waals surface area contributed by atoms with Crippen molar-refractivity contribution in [1.29, 1.82) is 0 Å². The maximum Gasteiger partial charge on any atom is 0.303 e. The van der Waals surface area contributed by atoms with E-state index in [-0.39, 0.29) is 0 Å². The fourth-order valence-corrected chi connectivity index (χ4v) is 3.85. The zero-order valence-electron chi connectivity index (χ0n) is 9.12. The second kappa shape index (κ2) is 3.25. The number of hydrogen-bond donors (Lipinski definition) is 1. The third-order valence-electron chi connectivity index (χ3n) is 4.72. The lowest BCUT2D eigenvalue weighted by atomic mass is 9.67. The molecule has 0 saturated heterocycles. The van der Waals surface area contributed by atoms with Crippen molar-refractivity contribution >= 4 is 5.97 Å². The molecular weight excluding hydrogens is 176 g/mol. The Morgan fingerprint density at radius 3 is 2.64 bits per heavy atom. The lowest BCUT2D eigenvalue weighted by Gasteiger charge is -2.38. The van der Waals surface area contributed by atoms with Gasteiger partial charge in [0.1, 0.15) is 0 Å². The zero-order chi connectivity index (χ0) is 10.3. The molecule has 2 nitrogen and oxygen atoms in total. The first-order chi connectivity index (χ1) is 6.51. The van der Waals surface area contributed by atoms with Crippen LogP contribution in [0.4, 0.5) is 0 Å². The highest BCUT2D eigenvalue weighted by molar-refractivity contribution is 5.66. The van der Waals surface area contributed by atoms with Crippen molar-refractivity contribution in [2.45, 2.75) is 46.0 Å². The molecule has 2 heteroatoms. The van der Waals surface area contributed by atoms with Gasteiger partial charge in [-0.05, 0) is 48.9 Å². The standard InChI is InChI=1S/C12H20O2/c1-12(2)9-4-3-8(7-9)10(12)5-6-11(13)14/h8-10H,3-7H2,1-2H3,(H,13,14)/t8-,9+,10+/m0/s1. The van der Waals surface area contributed by atoms with Crippen LogP contribution < -0.4 is 0 Å². The molecule has 1 N–H and O–H groups in total. The van der Waals surface area contributed by atoms with Crippen molar-refractivity contribution in [3.05, 3.63) is 0 Å². The summed E-state index contributed by atoms with van der Waals surface area (Å²) in [7, 11) is 0. The highest BCUT2D eigenvalue weighted by Crippen LogP contribution is 2.60. The summed E-state index contributed by atoms with van der Waals surface area (Å²) in [6.45, 7) is 4.67. The van der Waals surface area contributed by atoms with Gasteiger partial charge in [0.25, 0.3) is 0 Å². The van der Waals surface area contributed by atoms with Crippen LogP contribution in [0.5, 0.6) is 0 Å². The Hall–Kier alpha value is -0.530. The second-order valence-electron chi connectivity index (χ2n) is 5.63. The summed E-state index contributed by atoms with van der Waals surface area (Å²) in [4.78, 5) is 10.6. The first kappa shape index (κ1) is 10.0. The molecule has 2 saturated carbocycles.